The molecule has 0 saturated carbocycles. The predicted molar refractivity (Wildman–Crippen MR) is 233 cm³/mol. The fraction of sp³-hybridized carbons (Fsp3) is 0.553. The summed E-state index contributed by atoms with van der Waals surface area (Å²) in [4.78, 5) is 87.9. The first kappa shape index (κ1) is 44.0. The molecule has 1 N–H and O–H groups in total. The molecule has 0 spiro atoms. The van der Waals surface area contributed by atoms with E-state index in [2.05, 4.69) is 14.9 Å². The molecule has 8 heterocycles. The molecule has 10 rings (SSSR count). The Hall–Kier alpha value is -5.82. The zero-order valence-electron chi connectivity index (χ0n) is 37.0. The van der Waals surface area contributed by atoms with Gasteiger partial charge in [0.05, 0.1) is 29.4 Å². The van der Waals surface area contributed by atoms with E-state index >= 15 is 13.2 Å². The van der Waals surface area contributed by atoms with Crippen LogP contribution in [0.15, 0.2) is 24.3 Å². The van der Waals surface area contributed by atoms with Crippen molar-refractivity contribution in [2.75, 3.05) is 81.9 Å². The van der Waals surface area contributed by atoms with Gasteiger partial charge in [-0.2, -0.15) is 5.10 Å². The Morgan fingerprint density at radius 3 is 2.24 bits per heavy atom. The highest BCUT2D eigenvalue weighted by Gasteiger charge is 2.46. The predicted octanol–water partition coefficient (Wildman–Crippen LogP) is 4.38. The summed E-state index contributed by atoms with van der Waals surface area (Å²) in [6, 6.07) is 4.62. The third-order valence-corrected chi connectivity index (χ3v) is 14.8. The topological polar surface area (TPSA) is 161 Å². The van der Waals surface area contributed by atoms with Crippen LogP contribution < -0.4 is 15.1 Å². The molecule has 1 aromatic heterocycles. The zero-order chi connectivity index (χ0) is 46.0. The van der Waals surface area contributed by atoms with Crippen molar-refractivity contribution in [3.8, 4) is 0 Å². The number of piperidine rings is 2. The van der Waals surface area contributed by atoms with Crippen LogP contribution in [0, 0.1) is 11.7 Å². The van der Waals surface area contributed by atoms with E-state index in [1.807, 2.05) is 9.80 Å². The molecule has 2 aromatic carbocycles. The average molecular weight is 914 g/mol. The molecule has 16 nitrogen and oxygen atoms in total. The standard InChI is InChI=1S/C47H54F3N9O7/c1-27(60)56-14-8-37-35(26-56)43(52-59(37)30-9-19-66-20-10-30)57-11-2-3-29-21-32(31(42(49)50)23-39(29)57)45(63)55-12-6-28(7-13-55)25-53-15-17-54(18-16-53)40-24-34-33(22-36(40)48)46(64)58(47(34)65)38-4-5-41(61)51-44(38)62/h21-24,28,30,38,42H,2-20,25-26H2,1H3,(H,51,61,62). The maximum atomic E-state index is 15.6. The van der Waals surface area contributed by atoms with Crippen LogP contribution in [0.4, 0.5) is 30.4 Å². The van der Waals surface area contributed by atoms with Crippen molar-refractivity contribution in [1.29, 1.82) is 0 Å². The smallest absolute Gasteiger partial charge is 0.264 e. The molecule has 0 bridgehead atoms. The number of rotatable bonds is 8. The highest BCUT2D eigenvalue weighted by Crippen LogP contribution is 2.42. The summed E-state index contributed by atoms with van der Waals surface area (Å²) in [5.41, 5.74) is 3.35. The van der Waals surface area contributed by atoms with E-state index in [1.165, 1.54) is 12.1 Å². The Kier molecular flexibility index (Phi) is 11.9. The molecular weight excluding hydrogens is 860 g/mol. The van der Waals surface area contributed by atoms with E-state index in [9.17, 15) is 28.8 Å². The minimum Gasteiger partial charge on any atom is -0.381 e. The lowest BCUT2D eigenvalue weighted by Gasteiger charge is -2.40. The van der Waals surface area contributed by atoms with Gasteiger partial charge >= 0.3 is 0 Å². The Morgan fingerprint density at radius 1 is 0.818 bits per heavy atom. The number of halogens is 3. The van der Waals surface area contributed by atoms with E-state index in [0.717, 1.165) is 53.6 Å². The van der Waals surface area contributed by atoms with Gasteiger partial charge in [0.25, 0.3) is 24.1 Å². The first-order chi connectivity index (χ1) is 31.8. The second kappa shape index (κ2) is 17.8. The number of aromatic nitrogens is 2. The van der Waals surface area contributed by atoms with E-state index in [-0.39, 0.29) is 58.6 Å². The van der Waals surface area contributed by atoms with Crippen molar-refractivity contribution in [3.05, 3.63) is 69.2 Å². The van der Waals surface area contributed by atoms with Gasteiger partial charge in [0.1, 0.15) is 11.9 Å². The molecule has 350 valence electrons. The number of nitrogens with zero attached hydrogens (tertiary/aromatic N) is 8. The van der Waals surface area contributed by atoms with Crippen LogP contribution in [-0.2, 0) is 38.5 Å². The first-order valence-corrected chi connectivity index (χ1v) is 23.3. The van der Waals surface area contributed by atoms with E-state index in [0.29, 0.717) is 109 Å². The van der Waals surface area contributed by atoms with Crippen LogP contribution in [-0.4, -0.2) is 143 Å². The van der Waals surface area contributed by atoms with Crippen LogP contribution in [0.3, 0.4) is 0 Å². The van der Waals surface area contributed by atoms with Crippen molar-refractivity contribution in [1.82, 2.24) is 34.7 Å². The number of alkyl halides is 2. The summed E-state index contributed by atoms with van der Waals surface area (Å²) in [6.07, 6.45) is 2.20. The molecule has 4 saturated heterocycles. The SMILES string of the molecule is CC(=O)N1CCc2c(c(N3CCCc4cc(C(=O)N5CCC(CN6CCN(c7cc8c(cc7F)C(=O)N(C7CCC(=O)NC7=O)C8=O)CC6)CC5)c(C(F)F)cc43)nn2C2CCOCC2)C1. The highest BCUT2D eigenvalue weighted by molar-refractivity contribution is 6.23. The van der Waals surface area contributed by atoms with Gasteiger partial charge in [-0.15, -0.1) is 0 Å². The van der Waals surface area contributed by atoms with Crippen molar-refractivity contribution in [3.63, 3.8) is 0 Å². The number of likely N-dealkylation sites (tertiary alicyclic amines) is 1. The molecular formula is C47H54F3N9O7. The normalized spacial score (nSPS) is 22.3. The highest BCUT2D eigenvalue weighted by atomic mass is 19.3. The number of anilines is 3. The van der Waals surface area contributed by atoms with Crippen LogP contribution in [0.5, 0.6) is 0 Å². The summed E-state index contributed by atoms with van der Waals surface area (Å²) >= 11 is 0. The summed E-state index contributed by atoms with van der Waals surface area (Å²) in [5.74, 6) is -2.76. The van der Waals surface area contributed by atoms with Crippen LogP contribution >= 0.6 is 0 Å². The molecule has 6 amide bonds. The number of hydrogen-bond acceptors (Lipinski definition) is 11. The molecule has 66 heavy (non-hydrogen) atoms. The van der Waals surface area contributed by atoms with Gasteiger partial charge in [-0.3, -0.25) is 48.6 Å². The number of carbonyl (C=O) groups excluding carboxylic acids is 6. The van der Waals surface area contributed by atoms with E-state index in [4.69, 9.17) is 9.84 Å². The van der Waals surface area contributed by atoms with Crippen LogP contribution in [0.2, 0.25) is 0 Å². The number of imide groups is 2. The largest absolute Gasteiger partial charge is 0.381 e. The van der Waals surface area contributed by atoms with E-state index < -0.39 is 47.8 Å². The monoisotopic (exact) mass is 913 g/mol. The van der Waals surface area contributed by atoms with Crippen LogP contribution in [0.25, 0.3) is 0 Å². The molecule has 1 atom stereocenters. The Bertz CT molecular complexity index is 2490. The maximum absolute atomic E-state index is 15.6. The summed E-state index contributed by atoms with van der Waals surface area (Å²) in [7, 11) is 0. The van der Waals surface area contributed by atoms with Crippen molar-refractivity contribution in [2.24, 2.45) is 5.92 Å². The lowest BCUT2D eigenvalue weighted by Crippen LogP contribution is -2.54. The van der Waals surface area contributed by atoms with Gasteiger partial charge in [0, 0.05) is 120 Å². The average Bonchev–Trinajstić information content (AvgIpc) is 3.81. The fourth-order valence-electron chi connectivity index (χ4n) is 11.1. The third kappa shape index (κ3) is 8.00. The minimum atomic E-state index is -2.88. The van der Waals surface area contributed by atoms with Crippen molar-refractivity contribution >= 4 is 52.6 Å². The lowest BCUT2D eigenvalue weighted by atomic mass is 9.92. The number of piperazine rings is 1. The first-order valence-electron chi connectivity index (χ1n) is 23.3. The molecule has 4 fully saturated rings. The fourth-order valence-corrected chi connectivity index (χ4v) is 11.1. The van der Waals surface area contributed by atoms with Gasteiger partial charge < -0.3 is 24.3 Å². The lowest BCUT2D eigenvalue weighted by molar-refractivity contribution is -0.136. The Labute approximate surface area is 379 Å². The second-order valence-electron chi connectivity index (χ2n) is 18.7. The number of fused-ring (bicyclic) bond motifs is 3. The molecule has 7 aliphatic rings. The number of aryl methyl sites for hydroxylation is 1. The van der Waals surface area contributed by atoms with Gasteiger partial charge in [0.2, 0.25) is 17.7 Å². The minimum absolute atomic E-state index is 0.00877. The third-order valence-electron chi connectivity index (χ3n) is 14.8. The number of carbonyl (C=O) groups is 6. The zero-order valence-corrected chi connectivity index (χ0v) is 37.0. The van der Waals surface area contributed by atoms with Crippen molar-refractivity contribution in [2.45, 2.75) is 89.8 Å². The molecule has 0 aliphatic carbocycles. The number of nitrogens with one attached hydrogen (secondary N) is 1. The number of amides is 6. The molecule has 7 aliphatic heterocycles. The summed E-state index contributed by atoms with van der Waals surface area (Å²) in [6.45, 7) is 8.19. The van der Waals surface area contributed by atoms with Crippen LogP contribution in [0.1, 0.15) is 118 Å². The maximum Gasteiger partial charge on any atom is 0.264 e. The van der Waals surface area contributed by atoms with Gasteiger partial charge in [-0.05, 0) is 80.7 Å². The Morgan fingerprint density at radius 2 is 1.55 bits per heavy atom. The molecule has 19 heteroatoms. The second-order valence-corrected chi connectivity index (χ2v) is 18.7. The number of hydrogen-bond donors (Lipinski definition) is 1. The molecule has 3 aromatic rings. The molecule has 1 unspecified atom stereocenters. The Balaban J connectivity index is 0.782. The van der Waals surface area contributed by atoms with Crippen molar-refractivity contribution < 1.29 is 46.7 Å². The molecule has 0 radical (unpaired) electrons. The van der Waals surface area contributed by atoms with Gasteiger partial charge in [0.15, 0.2) is 5.82 Å². The van der Waals surface area contributed by atoms with E-state index in [1.54, 1.807) is 22.8 Å². The number of ether oxygens (including phenoxy) is 1. The van der Waals surface area contributed by atoms with Gasteiger partial charge in [-0.1, -0.05) is 0 Å². The quantitative estimate of drug-likeness (QED) is 0.320. The summed E-state index contributed by atoms with van der Waals surface area (Å²) in [5, 5.41) is 7.33. The van der Waals surface area contributed by atoms with Gasteiger partial charge in [-0.25, -0.2) is 13.2 Å². The number of benzene rings is 2. The summed E-state index contributed by atoms with van der Waals surface area (Å²) < 4.78 is 53.4.